The van der Waals surface area contributed by atoms with Gasteiger partial charge in [-0.05, 0) is 50.3 Å². The Bertz CT molecular complexity index is 1090. The standard InChI is InChI=1S/C21H20ClFN4O/c1-4-6-20(17(23)5-2)27-12-15(11-24-27)13(3)25-21(28)19-10-14-9-16(22)7-8-18(14)26-19/h4-13,26H,1H2,2-3H3,(H,25,28)/b17-5+,20-6+. The van der Waals surface area contributed by atoms with Crippen molar-refractivity contribution in [2.45, 2.75) is 19.9 Å². The molecule has 0 bridgehead atoms. The average Bonchev–Trinajstić information content (AvgIpc) is 3.32. The fourth-order valence-electron chi connectivity index (χ4n) is 2.80. The number of aromatic amines is 1. The summed E-state index contributed by atoms with van der Waals surface area (Å²) in [6, 6.07) is 6.80. The Morgan fingerprint density at radius 2 is 2.21 bits per heavy atom. The van der Waals surface area contributed by atoms with E-state index in [2.05, 4.69) is 22.0 Å². The molecule has 7 heteroatoms. The Balaban J connectivity index is 1.78. The van der Waals surface area contributed by atoms with Crippen molar-refractivity contribution >= 4 is 34.1 Å². The van der Waals surface area contributed by atoms with E-state index in [9.17, 15) is 9.18 Å². The molecule has 28 heavy (non-hydrogen) atoms. The molecule has 0 aliphatic rings. The van der Waals surface area contributed by atoms with E-state index in [1.165, 1.54) is 22.9 Å². The summed E-state index contributed by atoms with van der Waals surface area (Å²) in [5.74, 6) is -0.669. The smallest absolute Gasteiger partial charge is 0.268 e. The molecule has 0 saturated carbocycles. The van der Waals surface area contributed by atoms with Crippen molar-refractivity contribution in [3.8, 4) is 0 Å². The minimum absolute atomic E-state index is 0.255. The normalized spacial score (nSPS) is 13.6. The van der Waals surface area contributed by atoms with Crippen LogP contribution in [-0.2, 0) is 0 Å². The van der Waals surface area contributed by atoms with Gasteiger partial charge in [0.25, 0.3) is 5.91 Å². The van der Waals surface area contributed by atoms with E-state index >= 15 is 0 Å². The van der Waals surface area contributed by atoms with Crippen molar-refractivity contribution in [1.82, 2.24) is 20.1 Å². The van der Waals surface area contributed by atoms with Crippen molar-refractivity contribution < 1.29 is 9.18 Å². The monoisotopic (exact) mass is 398 g/mol. The van der Waals surface area contributed by atoms with Crippen LogP contribution in [0.5, 0.6) is 0 Å². The predicted molar refractivity (Wildman–Crippen MR) is 111 cm³/mol. The number of H-pyrrole nitrogens is 1. The second-order valence-corrected chi connectivity index (χ2v) is 6.69. The molecule has 1 aromatic carbocycles. The lowest BCUT2D eigenvalue weighted by Crippen LogP contribution is -2.26. The summed E-state index contributed by atoms with van der Waals surface area (Å²) in [7, 11) is 0. The van der Waals surface area contributed by atoms with Gasteiger partial charge < -0.3 is 10.3 Å². The average molecular weight is 399 g/mol. The van der Waals surface area contributed by atoms with Gasteiger partial charge in [0.1, 0.15) is 11.5 Å². The van der Waals surface area contributed by atoms with Crippen LogP contribution in [0.4, 0.5) is 4.39 Å². The van der Waals surface area contributed by atoms with Gasteiger partial charge in [-0.15, -0.1) is 0 Å². The fraction of sp³-hybridized carbons (Fsp3) is 0.143. The molecule has 2 N–H and O–H groups in total. The van der Waals surface area contributed by atoms with E-state index in [-0.39, 0.29) is 17.6 Å². The highest BCUT2D eigenvalue weighted by Gasteiger charge is 2.16. The summed E-state index contributed by atoms with van der Waals surface area (Å²) >= 11 is 5.99. The maximum Gasteiger partial charge on any atom is 0.268 e. The lowest BCUT2D eigenvalue weighted by Gasteiger charge is -2.11. The predicted octanol–water partition coefficient (Wildman–Crippen LogP) is 5.41. The van der Waals surface area contributed by atoms with Crippen LogP contribution in [0.3, 0.4) is 0 Å². The molecule has 2 heterocycles. The zero-order valence-corrected chi connectivity index (χ0v) is 16.3. The molecule has 1 amide bonds. The maximum absolute atomic E-state index is 14.0. The van der Waals surface area contributed by atoms with Crippen LogP contribution in [0.15, 0.2) is 67.3 Å². The topological polar surface area (TPSA) is 62.7 Å². The summed E-state index contributed by atoms with van der Waals surface area (Å²) in [5, 5.41) is 8.57. The molecule has 0 saturated heterocycles. The van der Waals surface area contributed by atoms with E-state index in [0.29, 0.717) is 10.7 Å². The van der Waals surface area contributed by atoms with Gasteiger partial charge in [0.2, 0.25) is 0 Å². The number of carbonyl (C=O) groups is 1. The van der Waals surface area contributed by atoms with Crippen molar-refractivity contribution in [2.75, 3.05) is 0 Å². The summed E-state index contributed by atoms with van der Waals surface area (Å²) in [6.45, 7) is 7.04. The second-order valence-electron chi connectivity index (χ2n) is 6.25. The molecule has 0 spiro atoms. The molecule has 0 radical (unpaired) electrons. The largest absolute Gasteiger partial charge is 0.351 e. The first-order valence-corrected chi connectivity index (χ1v) is 9.09. The lowest BCUT2D eigenvalue weighted by atomic mass is 10.2. The second kappa shape index (κ2) is 8.27. The Kier molecular flexibility index (Phi) is 5.80. The molecular formula is C21H20ClFN4O. The molecule has 144 valence electrons. The number of amides is 1. The van der Waals surface area contributed by atoms with Crippen LogP contribution in [-0.4, -0.2) is 20.7 Å². The van der Waals surface area contributed by atoms with Crippen LogP contribution in [0, 0.1) is 0 Å². The molecule has 3 rings (SSSR count). The number of allylic oxidation sites excluding steroid dienone is 5. The van der Waals surface area contributed by atoms with Crippen LogP contribution in [0.2, 0.25) is 5.02 Å². The molecule has 0 fully saturated rings. The molecule has 1 atom stereocenters. The highest BCUT2D eigenvalue weighted by atomic mass is 35.5. The third-order valence-electron chi connectivity index (χ3n) is 4.30. The zero-order valence-electron chi connectivity index (χ0n) is 15.5. The van der Waals surface area contributed by atoms with Crippen LogP contribution >= 0.6 is 11.6 Å². The zero-order chi connectivity index (χ0) is 20.3. The van der Waals surface area contributed by atoms with E-state index in [4.69, 9.17) is 11.6 Å². The molecule has 3 aromatic rings. The SMILES string of the molecule is C=C/C=C(\C(F)=C/C)n1cc(C(C)NC(=O)c2cc3cc(Cl)ccc3[nH]2)cn1. The van der Waals surface area contributed by atoms with Gasteiger partial charge in [-0.2, -0.15) is 5.10 Å². The number of aromatic nitrogens is 3. The number of nitrogens with zero attached hydrogens (tertiary/aromatic N) is 2. The summed E-state index contributed by atoms with van der Waals surface area (Å²) in [4.78, 5) is 15.7. The van der Waals surface area contributed by atoms with Crippen LogP contribution in [0.1, 0.15) is 35.9 Å². The van der Waals surface area contributed by atoms with Crippen LogP contribution < -0.4 is 5.32 Å². The van der Waals surface area contributed by atoms with Gasteiger partial charge in [0.05, 0.1) is 17.9 Å². The van der Waals surface area contributed by atoms with Gasteiger partial charge >= 0.3 is 0 Å². The van der Waals surface area contributed by atoms with Gasteiger partial charge in [-0.1, -0.05) is 24.3 Å². The van der Waals surface area contributed by atoms with E-state index in [1.54, 1.807) is 37.5 Å². The maximum atomic E-state index is 14.0. The van der Waals surface area contributed by atoms with E-state index in [0.717, 1.165) is 16.5 Å². The third kappa shape index (κ3) is 4.07. The summed E-state index contributed by atoms with van der Waals surface area (Å²) in [5.41, 5.74) is 2.28. The van der Waals surface area contributed by atoms with Gasteiger partial charge in [-0.3, -0.25) is 4.79 Å². The van der Waals surface area contributed by atoms with Gasteiger partial charge in [-0.25, -0.2) is 9.07 Å². The van der Waals surface area contributed by atoms with Crippen LogP contribution in [0.25, 0.3) is 16.6 Å². The van der Waals surface area contributed by atoms with Crippen molar-refractivity contribution in [1.29, 1.82) is 0 Å². The number of hydrogen-bond acceptors (Lipinski definition) is 2. The molecular weight excluding hydrogens is 379 g/mol. The molecule has 5 nitrogen and oxygen atoms in total. The van der Waals surface area contributed by atoms with Crippen molar-refractivity contribution in [3.63, 3.8) is 0 Å². The number of carbonyl (C=O) groups excluding carboxylic acids is 1. The van der Waals surface area contributed by atoms with E-state index in [1.807, 2.05) is 13.0 Å². The number of halogens is 2. The number of fused-ring (bicyclic) bond motifs is 1. The Morgan fingerprint density at radius 3 is 2.93 bits per heavy atom. The fourth-order valence-corrected chi connectivity index (χ4v) is 2.98. The molecule has 1 unspecified atom stereocenters. The lowest BCUT2D eigenvalue weighted by molar-refractivity contribution is 0.0935. The minimum Gasteiger partial charge on any atom is -0.351 e. The van der Waals surface area contributed by atoms with Gasteiger partial charge in [0.15, 0.2) is 0 Å². The molecule has 0 aliphatic heterocycles. The minimum atomic E-state index is -0.414. The quantitative estimate of drug-likeness (QED) is 0.545. The first kappa shape index (κ1) is 19.6. The molecule has 0 aliphatic carbocycles. The first-order valence-electron chi connectivity index (χ1n) is 8.72. The third-order valence-corrected chi connectivity index (χ3v) is 4.53. The van der Waals surface area contributed by atoms with E-state index < -0.39 is 5.83 Å². The number of hydrogen-bond donors (Lipinski definition) is 2. The Morgan fingerprint density at radius 1 is 1.43 bits per heavy atom. The highest BCUT2D eigenvalue weighted by molar-refractivity contribution is 6.31. The first-order chi connectivity index (χ1) is 13.4. The summed E-state index contributed by atoms with van der Waals surface area (Å²) in [6.07, 6.45) is 7.65. The highest BCUT2D eigenvalue weighted by Crippen LogP contribution is 2.22. The number of nitrogens with one attached hydrogen (secondary N) is 2. The van der Waals surface area contributed by atoms with Crippen molar-refractivity contribution in [3.05, 3.63) is 83.6 Å². The Labute approximate surface area is 167 Å². The number of rotatable bonds is 6. The van der Waals surface area contributed by atoms with Gasteiger partial charge in [0, 0.05) is 27.7 Å². The number of benzene rings is 1. The Hall–Kier alpha value is -3.12. The summed E-state index contributed by atoms with van der Waals surface area (Å²) < 4.78 is 15.5. The molecule has 2 aromatic heterocycles. The van der Waals surface area contributed by atoms with Crippen molar-refractivity contribution in [2.24, 2.45) is 0 Å².